The van der Waals surface area contributed by atoms with E-state index in [4.69, 9.17) is 4.74 Å². The highest BCUT2D eigenvalue weighted by molar-refractivity contribution is 5.68. The number of nitro benzene ring substituents is 1. The Labute approximate surface area is 166 Å². The van der Waals surface area contributed by atoms with Gasteiger partial charge in [0.1, 0.15) is 5.60 Å². The minimum Gasteiger partial charge on any atom is -0.444 e. The van der Waals surface area contributed by atoms with Gasteiger partial charge in [-0.15, -0.1) is 0 Å². The first-order valence-electron chi connectivity index (χ1n) is 9.94. The molecule has 0 N–H and O–H groups in total. The molecule has 0 spiro atoms. The molecule has 0 aromatic heterocycles. The van der Waals surface area contributed by atoms with E-state index >= 15 is 0 Å². The summed E-state index contributed by atoms with van der Waals surface area (Å²) in [7, 11) is 0. The van der Waals surface area contributed by atoms with Crippen molar-refractivity contribution in [1.29, 1.82) is 0 Å². The summed E-state index contributed by atoms with van der Waals surface area (Å²) in [4.78, 5) is 29.2. The Kier molecular flexibility index (Phi) is 6.07. The number of piperazine rings is 1. The minimum atomic E-state index is -0.459. The smallest absolute Gasteiger partial charge is 0.410 e. The van der Waals surface area contributed by atoms with Crippen molar-refractivity contribution in [1.82, 2.24) is 9.80 Å². The highest BCUT2D eigenvalue weighted by Crippen LogP contribution is 2.25. The SMILES string of the molecule is CC(C)(C)OC(=O)N1CCN(C2CCN(c3ccc([N+](=O)[O-])cc3)CC2)CC1. The number of hydrogen-bond donors (Lipinski definition) is 0. The van der Waals surface area contributed by atoms with Crippen molar-refractivity contribution >= 4 is 17.5 Å². The van der Waals surface area contributed by atoms with Crippen LogP contribution in [0.2, 0.25) is 0 Å². The van der Waals surface area contributed by atoms with E-state index in [1.54, 1.807) is 17.0 Å². The Morgan fingerprint density at radius 2 is 1.61 bits per heavy atom. The number of rotatable bonds is 3. The van der Waals surface area contributed by atoms with Gasteiger partial charge < -0.3 is 14.5 Å². The molecule has 0 atom stereocenters. The molecule has 8 heteroatoms. The molecule has 1 aromatic rings. The monoisotopic (exact) mass is 390 g/mol. The van der Waals surface area contributed by atoms with Crippen molar-refractivity contribution in [3.05, 3.63) is 34.4 Å². The van der Waals surface area contributed by atoms with E-state index in [9.17, 15) is 14.9 Å². The first-order chi connectivity index (χ1) is 13.2. The van der Waals surface area contributed by atoms with Gasteiger partial charge in [-0.05, 0) is 45.7 Å². The number of piperidine rings is 1. The van der Waals surface area contributed by atoms with Crippen LogP contribution in [0.25, 0.3) is 0 Å². The predicted molar refractivity (Wildman–Crippen MR) is 108 cm³/mol. The van der Waals surface area contributed by atoms with Crippen LogP contribution < -0.4 is 4.90 Å². The molecule has 1 aromatic carbocycles. The molecule has 0 aliphatic carbocycles. The second kappa shape index (κ2) is 8.34. The van der Waals surface area contributed by atoms with Gasteiger partial charge in [-0.3, -0.25) is 15.0 Å². The molecule has 2 aliphatic heterocycles. The van der Waals surface area contributed by atoms with Crippen molar-refractivity contribution in [2.45, 2.75) is 45.3 Å². The Morgan fingerprint density at radius 1 is 1.04 bits per heavy atom. The molecular weight excluding hydrogens is 360 g/mol. The average Bonchev–Trinajstić information content (AvgIpc) is 2.67. The van der Waals surface area contributed by atoms with Gasteiger partial charge in [0, 0.05) is 63.1 Å². The molecule has 2 fully saturated rings. The van der Waals surface area contributed by atoms with Crippen molar-refractivity contribution in [3.63, 3.8) is 0 Å². The molecule has 2 saturated heterocycles. The van der Waals surface area contributed by atoms with Crippen molar-refractivity contribution < 1.29 is 14.5 Å². The first kappa shape index (κ1) is 20.4. The third-order valence-corrected chi connectivity index (χ3v) is 5.37. The number of benzene rings is 1. The summed E-state index contributed by atoms with van der Waals surface area (Å²) in [5.41, 5.74) is 0.708. The van der Waals surface area contributed by atoms with E-state index in [0.717, 1.165) is 44.7 Å². The van der Waals surface area contributed by atoms with Gasteiger partial charge >= 0.3 is 6.09 Å². The fourth-order valence-corrected chi connectivity index (χ4v) is 3.87. The third kappa shape index (κ3) is 5.13. The van der Waals surface area contributed by atoms with Gasteiger partial charge in [0.05, 0.1) is 4.92 Å². The number of non-ortho nitro benzene ring substituents is 1. The van der Waals surface area contributed by atoms with Crippen LogP contribution in [-0.2, 0) is 4.74 Å². The number of anilines is 1. The van der Waals surface area contributed by atoms with E-state index in [-0.39, 0.29) is 16.7 Å². The second-order valence-corrected chi connectivity index (χ2v) is 8.50. The Morgan fingerprint density at radius 3 is 2.11 bits per heavy atom. The molecule has 0 bridgehead atoms. The maximum absolute atomic E-state index is 12.2. The van der Waals surface area contributed by atoms with E-state index in [2.05, 4.69) is 9.80 Å². The van der Waals surface area contributed by atoms with E-state index in [0.29, 0.717) is 19.1 Å². The zero-order valence-corrected chi connectivity index (χ0v) is 17.0. The number of hydrogen-bond acceptors (Lipinski definition) is 6. The molecule has 8 nitrogen and oxygen atoms in total. The zero-order valence-electron chi connectivity index (χ0n) is 17.0. The summed E-state index contributed by atoms with van der Waals surface area (Å²) in [5.74, 6) is 0. The second-order valence-electron chi connectivity index (χ2n) is 8.50. The van der Waals surface area contributed by atoms with Gasteiger partial charge in [-0.1, -0.05) is 0 Å². The lowest BCUT2D eigenvalue weighted by Crippen LogP contribution is -2.55. The van der Waals surface area contributed by atoms with Gasteiger partial charge in [0.15, 0.2) is 0 Å². The van der Waals surface area contributed by atoms with Crippen LogP contribution in [0.4, 0.5) is 16.2 Å². The first-order valence-corrected chi connectivity index (χ1v) is 9.94. The van der Waals surface area contributed by atoms with Gasteiger partial charge in [-0.25, -0.2) is 4.79 Å². The molecule has 1 amide bonds. The highest BCUT2D eigenvalue weighted by atomic mass is 16.6. The average molecular weight is 390 g/mol. The van der Waals surface area contributed by atoms with Crippen molar-refractivity contribution in [3.8, 4) is 0 Å². The molecule has 28 heavy (non-hydrogen) atoms. The number of nitro groups is 1. The van der Waals surface area contributed by atoms with Crippen molar-refractivity contribution in [2.24, 2.45) is 0 Å². The molecule has 154 valence electrons. The number of carbonyl (C=O) groups is 1. The van der Waals surface area contributed by atoms with Gasteiger partial charge in [-0.2, -0.15) is 0 Å². The standard InChI is InChI=1S/C20H30N4O4/c1-20(2,3)28-19(25)23-14-12-22(13-15-23)17-8-10-21(11-9-17)16-4-6-18(7-5-16)24(26)27/h4-7,17H,8-15H2,1-3H3. The fraction of sp³-hybridized carbons (Fsp3) is 0.650. The Balaban J connectivity index is 1.46. The van der Waals surface area contributed by atoms with Crippen LogP contribution in [0.3, 0.4) is 0 Å². The fourth-order valence-electron chi connectivity index (χ4n) is 3.87. The quantitative estimate of drug-likeness (QED) is 0.583. The third-order valence-electron chi connectivity index (χ3n) is 5.37. The lowest BCUT2D eigenvalue weighted by Gasteiger charge is -2.43. The number of amides is 1. The Hall–Kier alpha value is -2.35. The normalized spacial score (nSPS) is 19.5. The van der Waals surface area contributed by atoms with E-state index in [1.165, 1.54) is 0 Å². The summed E-state index contributed by atoms with van der Waals surface area (Å²) in [5, 5.41) is 10.8. The molecular formula is C20H30N4O4. The maximum Gasteiger partial charge on any atom is 0.410 e. The number of ether oxygens (including phenoxy) is 1. The number of carbonyl (C=O) groups excluding carboxylic acids is 1. The van der Waals surface area contributed by atoms with Crippen LogP contribution in [0.15, 0.2) is 24.3 Å². The predicted octanol–water partition coefficient (Wildman–Crippen LogP) is 3.12. The molecule has 0 radical (unpaired) electrons. The van der Waals surface area contributed by atoms with Crippen molar-refractivity contribution in [2.75, 3.05) is 44.2 Å². The van der Waals surface area contributed by atoms with Crippen LogP contribution in [-0.4, -0.2) is 71.7 Å². The van der Waals surface area contributed by atoms with Gasteiger partial charge in [0.25, 0.3) is 5.69 Å². The maximum atomic E-state index is 12.2. The highest BCUT2D eigenvalue weighted by Gasteiger charge is 2.30. The van der Waals surface area contributed by atoms with Crippen LogP contribution >= 0.6 is 0 Å². The van der Waals surface area contributed by atoms with Crippen LogP contribution in [0.1, 0.15) is 33.6 Å². The molecule has 2 heterocycles. The summed E-state index contributed by atoms with van der Waals surface area (Å²) < 4.78 is 5.46. The lowest BCUT2D eigenvalue weighted by molar-refractivity contribution is -0.384. The van der Waals surface area contributed by atoms with Crippen LogP contribution in [0.5, 0.6) is 0 Å². The zero-order chi connectivity index (χ0) is 20.3. The molecule has 0 unspecified atom stereocenters. The van der Waals surface area contributed by atoms with Crippen LogP contribution in [0, 0.1) is 10.1 Å². The van der Waals surface area contributed by atoms with E-state index < -0.39 is 5.60 Å². The molecule has 0 saturated carbocycles. The molecule has 2 aliphatic rings. The largest absolute Gasteiger partial charge is 0.444 e. The summed E-state index contributed by atoms with van der Waals surface area (Å²) >= 11 is 0. The summed E-state index contributed by atoms with van der Waals surface area (Å²) in [6.45, 7) is 10.7. The Bertz CT molecular complexity index is 685. The van der Waals surface area contributed by atoms with Gasteiger partial charge in [0.2, 0.25) is 0 Å². The summed E-state index contributed by atoms with van der Waals surface area (Å²) in [6, 6.07) is 7.32. The minimum absolute atomic E-state index is 0.126. The lowest BCUT2D eigenvalue weighted by atomic mass is 10.0. The van der Waals surface area contributed by atoms with E-state index in [1.807, 2.05) is 32.9 Å². The topological polar surface area (TPSA) is 79.2 Å². The molecule has 3 rings (SSSR count). The summed E-state index contributed by atoms with van der Waals surface area (Å²) in [6.07, 6.45) is 1.90. The number of nitrogens with zero attached hydrogens (tertiary/aromatic N) is 4.